The maximum Gasteiger partial charge on any atom is 0.139 e. The Morgan fingerprint density at radius 3 is 2.73 bits per heavy atom. The number of rotatable bonds is 7. The van der Waals surface area contributed by atoms with Gasteiger partial charge in [-0.05, 0) is 12.1 Å². The van der Waals surface area contributed by atoms with Crippen LogP contribution in [0.25, 0.3) is 11.1 Å². The number of nitrogens with two attached hydrogens (primary N) is 1. The van der Waals surface area contributed by atoms with E-state index in [0.29, 0.717) is 12.4 Å². The fourth-order valence-electron chi connectivity index (χ4n) is 2.06. The summed E-state index contributed by atoms with van der Waals surface area (Å²) in [4.78, 5) is 0. The molecule has 0 fully saturated rings. The molecule has 1 aromatic carbocycles. The highest BCUT2D eigenvalue weighted by molar-refractivity contribution is 6.76. The quantitative estimate of drug-likeness (QED) is 0.482. The third-order valence-corrected chi connectivity index (χ3v) is 5.09. The standard InChI is InChI=1S/C16H25N3O2Si/c1-20-16-9-14(17)5-6-15(16)13-10-18-19(11-13)12-21-7-8-22(2,3)4/h5-6,9-11H,7-8,12,17H2,1-4H3/q-1. The molecular formula is C16H25N3O2Si-. The first-order valence-corrected chi connectivity index (χ1v) is 11.1. The Balaban J connectivity index is 2.00. The number of methoxy groups -OCH3 is 1. The van der Waals surface area contributed by atoms with Crippen LogP contribution < -0.4 is 10.5 Å². The SMILES string of the molecule is COc1cc(N)ccc1-c1cnn(COCC[Si-](C)(C)C)c1. The van der Waals surface area contributed by atoms with Gasteiger partial charge in [0.15, 0.2) is 0 Å². The number of nitrogen functional groups attached to an aromatic ring is 1. The van der Waals surface area contributed by atoms with Crippen molar-refractivity contribution in [1.29, 1.82) is 0 Å². The Labute approximate surface area is 133 Å². The van der Waals surface area contributed by atoms with E-state index in [1.807, 2.05) is 30.6 Å². The van der Waals surface area contributed by atoms with Crippen LogP contribution in [0.2, 0.25) is 25.7 Å². The predicted molar refractivity (Wildman–Crippen MR) is 92.7 cm³/mol. The maximum absolute atomic E-state index is 5.78. The third-order valence-electron chi connectivity index (χ3n) is 3.39. The summed E-state index contributed by atoms with van der Waals surface area (Å²) in [6.45, 7) is 8.29. The molecule has 121 valence electrons. The van der Waals surface area contributed by atoms with E-state index in [1.54, 1.807) is 11.8 Å². The molecule has 0 amide bonds. The van der Waals surface area contributed by atoms with Crippen molar-refractivity contribution in [3.63, 3.8) is 0 Å². The van der Waals surface area contributed by atoms with Gasteiger partial charge in [-0.3, -0.25) is 0 Å². The summed E-state index contributed by atoms with van der Waals surface area (Å²) in [6, 6.07) is 6.78. The first-order chi connectivity index (χ1) is 10.4. The minimum atomic E-state index is -1.04. The van der Waals surface area contributed by atoms with Gasteiger partial charge in [-0.25, -0.2) is 4.68 Å². The summed E-state index contributed by atoms with van der Waals surface area (Å²) in [7, 11) is 0.597. The largest absolute Gasteiger partial charge is 0.496 e. The van der Waals surface area contributed by atoms with Crippen molar-refractivity contribution in [2.45, 2.75) is 32.4 Å². The molecule has 2 rings (SSSR count). The number of anilines is 1. The summed E-state index contributed by atoms with van der Waals surface area (Å²) in [5, 5.41) is 4.34. The van der Waals surface area contributed by atoms with E-state index < -0.39 is 8.07 Å². The number of ether oxygens (including phenoxy) is 2. The molecule has 0 saturated heterocycles. The van der Waals surface area contributed by atoms with Crippen molar-refractivity contribution in [1.82, 2.24) is 9.78 Å². The zero-order valence-electron chi connectivity index (χ0n) is 13.8. The highest BCUT2D eigenvalue weighted by atomic mass is 28.3. The molecule has 1 aromatic heterocycles. The third kappa shape index (κ3) is 4.61. The van der Waals surface area contributed by atoms with Crippen LogP contribution in [0.4, 0.5) is 5.69 Å². The van der Waals surface area contributed by atoms with Crippen molar-refractivity contribution in [3.05, 3.63) is 30.6 Å². The van der Waals surface area contributed by atoms with Gasteiger partial charge in [0.2, 0.25) is 0 Å². The van der Waals surface area contributed by atoms with Crippen molar-refractivity contribution in [2.24, 2.45) is 0 Å². The maximum atomic E-state index is 5.78. The number of hydrogen-bond acceptors (Lipinski definition) is 4. The van der Waals surface area contributed by atoms with Gasteiger partial charge in [0.1, 0.15) is 12.5 Å². The summed E-state index contributed by atoms with van der Waals surface area (Å²) < 4.78 is 12.9. The molecule has 22 heavy (non-hydrogen) atoms. The molecule has 1 heterocycles. The molecule has 6 heteroatoms. The second-order valence-corrected chi connectivity index (χ2v) is 12.2. The molecule has 2 aromatic rings. The zero-order valence-corrected chi connectivity index (χ0v) is 14.8. The fraction of sp³-hybridized carbons (Fsp3) is 0.438. The molecule has 0 unspecified atom stereocenters. The molecule has 5 nitrogen and oxygen atoms in total. The lowest BCUT2D eigenvalue weighted by molar-refractivity contribution is 0.0786. The van der Waals surface area contributed by atoms with Crippen LogP contribution in [0.15, 0.2) is 30.6 Å². The summed E-state index contributed by atoms with van der Waals surface area (Å²) in [5.41, 5.74) is 8.44. The van der Waals surface area contributed by atoms with Crippen LogP contribution >= 0.6 is 0 Å². The van der Waals surface area contributed by atoms with Gasteiger partial charge < -0.3 is 15.2 Å². The van der Waals surface area contributed by atoms with Crippen LogP contribution in [0.3, 0.4) is 0 Å². The fourth-order valence-corrected chi connectivity index (χ4v) is 2.81. The average Bonchev–Trinajstić information content (AvgIpc) is 2.91. The number of nitrogens with zero attached hydrogens (tertiary/aromatic N) is 2. The van der Waals surface area contributed by atoms with Crippen LogP contribution in [-0.4, -0.2) is 31.6 Å². The van der Waals surface area contributed by atoms with Gasteiger partial charge in [0, 0.05) is 35.7 Å². The normalized spacial score (nSPS) is 11.6. The number of hydrogen-bond donors (Lipinski definition) is 1. The minimum absolute atomic E-state index is 0.474. The minimum Gasteiger partial charge on any atom is -0.496 e. The average molecular weight is 319 g/mol. The Morgan fingerprint density at radius 1 is 1.27 bits per heavy atom. The molecule has 0 bridgehead atoms. The molecule has 0 saturated carbocycles. The molecule has 0 atom stereocenters. The Hall–Kier alpha value is -1.79. The lowest BCUT2D eigenvalue weighted by Gasteiger charge is -2.26. The van der Waals surface area contributed by atoms with Crippen LogP contribution in [0, 0.1) is 0 Å². The Bertz CT molecular complexity index is 620. The van der Waals surface area contributed by atoms with Gasteiger partial charge in [-0.15, -0.1) is 14.1 Å². The van der Waals surface area contributed by atoms with Crippen LogP contribution in [0.1, 0.15) is 0 Å². The predicted octanol–water partition coefficient (Wildman–Crippen LogP) is 3.45. The smallest absolute Gasteiger partial charge is 0.139 e. The van der Waals surface area contributed by atoms with E-state index in [9.17, 15) is 0 Å². The van der Waals surface area contributed by atoms with Gasteiger partial charge in [0.25, 0.3) is 0 Å². The van der Waals surface area contributed by atoms with Crippen LogP contribution in [-0.2, 0) is 11.5 Å². The lowest BCUT2D eigenvalue weighted by atomic mass is 10.1. The molecule has 0 aliphatic carbocycles. The van der Waals surface area contributed by atoms with Crippen LogP contribution in [0.5, 0.6) is 5.75 Å². The topological polar surface area (TPSA) is 62.3 Å². The number of aromatic nitrogens is 2. The van der Waals surface area contributed by atoms with E-state index in [1.165, 1.54) is 0 Å². The second kappa shape index (κ2) is 6.98. The molecule has 0 radical (unpaired) electrons. The van der Waals surface area contributed by atoms with Gasteiger partial charge in [-0.1, -0.05) is 0 Å². The van der Waals surface area contributed by atoms with E-state index in [0.717, 1.165) is 29.5 Å². The summed E-state index contributed by atoms with van der Waals surface area (Å²) >= 11 is 0. The van der Waals surface area contributed by atoms with E-state index >= 15 is 0 Å². The Morgan fingerprint density at radius 2 is 2.05 bits per heavy atom. The zero-order chi connectivity index (χ0) is 16.2. The van der Waals surface area contributed by atoms with E-state index in [4.69, 9.17) is 15.2 Å². The monoisotopic (exact) mass is 319 g/mol. The molecule has 2 N–H and O–H groups in total. The Kier molecular flexibility index (Phi) is 5.26. The summed E-state index contributed by atoms with van der Waals surface area (Å²) in [5.74, 6) is 0.749. The van der Waals surface area contributed by atoms with E-state index in [-0.39, 0.29) is 0 Å². The highest BCUT2D eigenvalue weighted by Crippen LogP contribution is 2.31. The second-order valence-electron chi connectivity index (χ2n) is 6.58. The molecule has 0 spiro atoms. The van der Waals surface area contributed by atoms with Crippen molar-refractivity contribution < 1.29 is 9.47 Å². The first kappa shape index (κ1) is 16.6. The van der Waals surface area contributed by atoms with Gasteiger partial charge >= 0.3 is 0 Å². The van der Waals surface area contributed by atoms with Gasteiger partial charge in [-0.2, -0.15) is 24.7 Å². The first-order valence-electron chi connectivity index (χ1n) is 7.43. The molecule has 0 aliphatic rings. The lowest BCUT2D eigenvalue weighted by Crippen LogP contribution is -2.22. The molecular weight excluding hydrogens is 294 g/mol. The van der Waals surface area contributed by atoms with Crippen molar-refractivity contribution >= 4 is 13.8 Å². The van der Waals surface area contributed by atoms with E-state index in [2.05, 4.69) is 24.7 Å². The highest BCUT2D eigenvalue weighted by Gasteiger charge is 2.09. The number of benzene rings is 1. The van der Waals surface area contributed by atoms with Gasteiger partial charge in [0.05, 0.1) is 13.3 Å². The summed E-state index contributed by atoms with van der Waals surface area (Å²) in [6.07, 6.45) is 3.78. The molecule has 0 aliphatic heterocycles. The van der Waals surface area contributed by atoms with Crippen molar-refractivity contribution in [2.75, 3.05) is 19.5 Å². The van der Waals surface area contributed by atoms with Crippen molar-refractivity contribution in [3.8, 4) is 16.9 Å².